The number of hydrogen-bond donors (Lipinski definition) is 1. The zero-order valence-electron chi connectivity index (χ0n) is 8.79. The molecule has 1 rings (SSSR count). The molecule has 1 aromatic carbocycles. The lowest BCUT2D eigenvalue weighted by molar-refractivity contribution is -0.144. The Kier molecular flexibility index (Phi) is 4.29. The Balaban J connectivity index is 2.96. The van der Waals surface area contributed by atoms with Crippen molar-refractivity contribution < 1.29 is 9.53 Å². The zero-order chi connectivity index (χ0) is 11.4. The molecule has 0 spiro atoms. The molecule has 0 fully saturated rings. The smallest absolute Gasteiger partial charge is 0.327 e. The molecule has 0 bridgehead atoms. The molecule has 0 aliphatic rings. The van der Waals surface area contributed by atoms with E-state index in [-0.39, 0.29) is 0 Å². The Morgan fingerprint density at radius 2 is 2.27 bits per heavy atom. The van der Waals surface area contributed by atoms with Crippen molar-refractivity contribution in [2.24, 2.45) is 5.73 Å². The molecule has 4 heteroatoms. The lowest BCUT2D eigenvalue weighted by Gasteiger charge is -2.14. The zero-order valence-corrected chi connectivity index (χ0v) is 10.4. The van der Waals surface area contributed by atoms with Gasteiger partial charge in [0.25, 0.3) is 0 Å². The van der Waals surface area contributed by atoms with Gasteiger partial charge in [-0.05, 0) is 31.0 Å². The molecule has 1 unspecified atom stereocenters. The standard InChI is InChI=1S/C11H14BrNO2/c1-3-15-11(14)10(13)8-5-4-6-9(12)7(8)2/h4-6,10H,3,13H2,1-2H3. The van der Waals surface area contributed by atoms with Crippen LogP contribution in [-0.2, 0) is 9.53 Å². The minimum absolute atomic E-state index is 0.347. The van der Waals surface area contributed by atoms with Gasteiger partial charge in [-0.25, -0.2) is 4.79 Å². The van der Waals surface area contributed by atoms with Gasteiger partial charge in [0.05, 0.1) is 6.61 Å². The molecule has 0 heterocycles. The second-order valence-electron chi connectivity index (χ2n) is 3.18. The van der Waals surface area contributed by atoms with E-state index in [1.165, 1.54) is 0 Å². The Hall–Kier alpha value is -0.870. The summed E-state index contributed by atoms with van der Waals surface area (Å²) in [4.78, 5) is 11.4. The fourth-order valence-electron chi connectivity index (χ4n) is 1.32. The largest absolute Gasteiger partial charge is 0.465 e. The van der Waals surface area contributed by atoms with Gasteiger partial charge in [0.1, 0.15) is 6.04 Å². The van der Waals surface area contributed by atoms with Gasteiger partial charge < -0.3 is 10.5 Å². The minimum atomic E-state index is -0.706. The summed E-state index contributed by atoms with van der Waals surface area (Å²) in [6.45, 7) is 4.02. The van der Waals surface area contributed by atoms with Crippen LogP contribution in [0.4, 0.5) is 0 Å². The molecule has 0 radical (unpaired) electrons. The maximum Gasteiger partial charge on any atom is 0.327 e. The Labute approximate surface area is 97.7 Å². The van der Waals surface area contributed by atoms with Crippen molar-refractivity contribution in [1.29, 1.82) is 0 Å². The number of esters is 1. The topological polar surface area (TPSA) is 52.3 Å². The van der Waals surface area contributed by atoms with Crippen LogP contribution in [0, 0.1) is 6.92 Å². The van der Waals surface area contributed by atoms with Crippen LogP contribution in [0.1, 0.15) is 24.1 Å². The molecule has 0 aliphatic carbocycles. The number of nitrogens with two attached hydrogens (primary N) is 1. The normalized spacial score (nSPS) is 12.3. The highest BCUT2D eigenvalue weighted by Gasteiger charge is 2.19. The van der Waals surface area contributed by atoms with Gasteiger partial charge in [0.2, 0.25) is 0 Å². The maximum atomic E-state index is 11.4. The maximum absolute atomic E-state index is 11.4. The monoisotopic (exact) mass is 271 g/mol. The Morgan fingerprint density at radius 3 is 2.87 bits per heavy atom. The van der Waals surface area contributed by atoms with Crippen molar-refractivity contribution in [2.45, 2.75) is 19.9 Å². The van der Waals surface area contributed by atoms with Gasteiger partial charge in [0.15, 0.2) is 0 Å². The van der Waals surface area contributed by atoms with Crippen LogP contribution in [0.2, 0.25) is 0 Å². The van der Waals surface area contributed by atoms with Crippen molar-refractivity contribution in [3.8, 4) is 0 Å². The van der Waals surface area contributed by atoms with Crippen LogP contribution in [-0.4, -0.2) is 12.6 Å². The molecule has 1 atom stereocenters. The van der Waals surface area contributed by atoms with E-state index < -0.39 is 12.0 Å². The van der Waals surface area contributed by atoms with Crippen LogP contribution >= 0.6 is 15.9 Å². The molecule has 2 N–H and O–H groups in total. The second kappa shape index (κ2) is 5.28. The number of halogens is 1. The molecule has 3 nitrogen and oxygen atoms in total. The summed E-state index contributed by atoms with van der Waals surface area (Å²) in [7, 11) is 0. The van der Waals surface area contributed by atoms with Gasteiger partial charge in [-0.1, -0.05) is 28.1 Å². The van der Waals surface area contributed by atoms with Gasteiger partial charge >= 0.3 is 5.97 Å². The van der Waals surface area contributed by atoms with E-state index in [0.717, 1.165) is 15.6 Å². The number of benzene rings is 1. The second-order valence-corrected chi connectivity index (χ2v) is 4.04. The summed E-state index contributed by atoms with van der Waals surface area (Å²) in [5.41, 5.74) is 7.56. The first kappa shape index (κ1) is 12.2. The Bertz CT molecular complexity index is 366. The summed E-state index contributed by atoms with van der Waals surface area (Å²) >= 11 is 3.39. The highest BCUT2D eigenvalue weighted by molar-refractivity contribution is 9.10. The highest BCUT2D eigenvalue weighted by atomic mass is 79.9. The molecule has 0 saturated carbocycles. The number of hydrogen-bond acceptors (Lipinski definition) is 3. The van der Waals surface area contributed by atoms with Gasteiger partial charge in [-0.2, -0.15) is 0 Å². The van der Waals surface area contributed by atoms with Crippen molar-refractivity contribution in [1.82, 2.24) is 0 Å². The molecule has 0 amide bonds. The molecule has 0 aromatic heterocycles. The van der Waals surface area contributed by atoms with Gasteiger partial charge in [-0.3, -0.25) is 0 Å². The third kappa shape index (κ3) is 2.79. The number of carbonyl (C=O) groups is 1. The first-order valence-corrected chi connectivity index (χ1v) is 5.54. The first-order valence-electron chi connectivity index (χ1n) is 4.75. The molecule has 15 heavy (non-hydrogen) atoms. The number of carbonyl (C=O) groups excluding carboxylic acids is 1. The van der Waals surface area contributed by atoms with Crippen LogP contribution in [0.5, 0.6) is 0 Å². The molecule has 82 valence electrons. The van der Waals surface area contributed by atoms with Crippen LogP contribution in [0.3, 0.4) is 0 Å². The number of rotatable bonds is 3. The summed E-state index contributed by atoms with van der Waals surface area (Å²) in [5, 5.41) is 0. The van der Waals surface area contributed by atoms with Crippen LogP contribution < -0.4 is 5.73 Å². The minimum Gasteiger partial charge on any atom is -0.465 e. The SMILES string of the molecule is CCOC(=O)C(N)c1cccc(Br)c1C. The van der Waals surface area contributed by atoms with Gasteiger partial charge in [0, 0.05) is 4.47 Å². The molecule has 0 aliphatic heterocycles. The lowest BCUT2D eigenvalue weighted by Crippen LogP contribution is -2.24. The quantitative estimate of drug-likeness (QED) is 0.859. The highest BCUT2D eigenvalue weighted by Crippen LogP contribution is 2.23. The molecular weight excluding hydrogens is 258 g/mol. The van der Waals surface area contributed by atoms with Crippen molar-refractivity contribution >= 4 is 21.9 Å². The van der Waals surface area contributed by atoms with E-state index >= 15 is 0 Å². The van der Waals surface area contributed by atoms with Gasteiger partial charge in [-0.15, -0.1) is 0 Å². The van der Waals surface area contributed by atoms with E-state index in [2.05, 4.69) is 15.9 Å². The van der Waals surface area contributed by atoms with E-state index in [4.69, 9.17) is 10.5 Å². The van der Waals surface area contributed by atoms with E-state index in [1.54, 1.807) is 6.92 Å². The average molecular weight is 272 g/mol. The van der Waals surface area contributed by atoms with Crippen molar-refractivity contribution in [3.05, 3.63) is 33.8 Å². The van der Waals surface area contributed by atoms with E-state index in [1.807, 2.05) is 25.1 Å². The summed E-state index contributed by atoms with van der Waals surface area (Å²) < 4.78 is 5.82. The fraction of sp³-hybridized carbons (Fsp3) is 0.364. The third-order valence-corrected chi connectivity index (χ3v) is 3.04. The fourth-order valence-corrected chi connectivity index (χ4v) is 1.70. The molecule has 0 saturated heterocycles. The summed E-state index contributed by atoms with van der Waals surface area (Å²) in [6.07, 6.45) is 0. The summed E-state index contributed by atoms with van der Waals surface area (Å²) in [6, 6.07) is 4.90. The van der Waals surface area contributed by atoms with Crippen molar-refractivity contribution in [2.75, 3.05) is 6.61 Å². The Morgan fingerprint density at radius 1 is 1.60 bits per heavy atom. The predicted octanol–water partition coefficient (Wildman–Crippen LogP) is 2.32. The van der Waals surface area contributed by atoms with Crippen LogP contribution in [0.25, 0.3) is 0 Å². The lowest BCUT2D eigenvalue weighted by atomic mass is 10.0. The average Bonchev–Trinajstić information content (AvgIpc) is 2.21. The van der Waals surface area contributed by atoms with E-state index in [9.17, 15) is 4.79 Å². The molecule has 1 aromatic rings. The molecular formula is C11H14BrNO2. The third-order valence-electron chi connectivity index (χ3n) is 2.19. The summed E-state index contributed by atoms with van der Waals surface area (Å²) in [5.74, 6) is -0.390. The van der Waals surface area contributed by atoms with E-state index in [0.29, 0.717) is 6.61 Å². The van der Waals surface area contributed by atoms with Crippen molar-refractivity contribution in [3.63, 3.8) is 0 Å². The predicted molar refractivity (Wildman–Crippen MR) is 62.4 cm³/mol. The number of ether oxygens (including phenoxy) is 1. The first-order chi connectivity index (χ1) is 7.07. The van der Waals surface area contributed by atoms with Crippen LogP contribution in [0.15, 0.2) is 22.7 Å².